The van der Waals surface area contributed by atoms with Crippen molar-refractivity contribution in [2.75, 3.05) is 6.61 Å². The first-order chi connectivity index (χ1) is 15.9. The lowest BCUT2D eigenvalue weighted by Gasteiger charge is -2.24. The molecule has 0 saturated heterocycles. The zero-order chi connectivity index (χ0) is 23.1. The number of aromatic amines is 1. The van der Waals surface area contributed by atoms with E-state index in [2.05, 4.69) is 16.4 Å². The Bertz CT molecular complexity index is 1430. The summed E-state index contributed by atoms with van der Waals surface area (Å²) in [5.41, 5.74) is 4.04. The average molecular weight is 447 g/mol. The molecule has 170 valence electrons. The van der Waals surface area contributed by atoms with E-state index in [9.17, 15) is 14.7 Å². The van der Waals surface area contributed by atoms with Gasteiger partial charge in [0.1, 0.15) is 17.1 Å². The number of phenols is 1. The Hall–Kier alpha value is -3.74. The smallest absolute Gasteiger partial charge is 0.340 e. The van der Waals surface area contributed by atoms with Crippen molar-refractivity contribution in [3.8, 4) is 11.5 Å². The molecule has 2 heterocycles. The number of hydrogen-bond donors (Lipinski definition) is 3. The average Bonchev–Trinajstić information content (AvgIpc) is 3.16. The number of benzene rings is 2. The number of amides is 1. The van der Waals surface area contributed by atoms with Crippen LogP contribution in [-0.2, 0) is 17.6 Å². The van der Waals surface area contributed by atoms with Crippen LogP contribution in [-0.4, -0.2) is 22.6 Å². The van der Waals surface area contributed by atoms with E-state index in [1.165, 1.54) is 17.7 Å². The molecule has 0 fully saturated rings. The number of hydrogen-bond acceptors (Lipinski definition) is 5. The highest BCUT2D eigenvalue weighted by molar-refractivity contribution is 5.88. The summed E-state index contributed by atoms with van der Waals surface area (Å²) in [7, 11) is 0. The molecule has 1 aliphatic rings. The maximum absolute atomic E-state index is 13.0. The Labute approximate surface area is 190 Å². The molecule has 2 aromatic heterocycles. The number of carbonyl (C=O) groups excluding carboxylic acids is 1. The molecule has 5 rings (SSSR count). The molecule has 4 aromatic rings. The Morgan fingerprint density at radius 3 is 2.91 bits per heavy atom. The van der Waals surface area contributed by atoms with Gasteiger partial charge in [0, 0.05) is 28.0 Å². The van der Waals surface area contributed by atoms with Crippen LogP contribution in [0.1, 0.15) is 48.2 Å². The van der Waals surface area contributed by atoms with Gasteiger partial charge in [-0.1, -0.05) is 0 Å². The van der Waals surface area contributed by atoms with E-state index in [1.807, 2.05) is 19.1 Å². The third-order valence-electron chi connectivity index (χ3n) is 6.43. The zero-order valence-electron chi connectivity index (χ0n) is 18.7. The summed E-state index contributed by atoms with van der Waals surface area (Å²) in [5.74, 6) is 0.634. The molecule has 3 N–H and O–H groups in total. The molecular formula is C26H26N2O5. The van der Waals surface area contributed by atoms with Crippen LogP contribution < -0.4 is 15.7 Å². The zero-order valence-corrected chi connectivity index (χ0v) is 18.7. The molecule has 0 radical (unpaired) electrons. The highest BCUT2D eigenvalue weighted by atomic mass is 16.5. The number of aryl methyl sites for hydroxylation is 2. The second-order valence-electron chi connectivity index (χ2n) is 8.52. The van der Waals surface area contributed by atoms with Crippen molar-refractivity contribution in [1.29, 1.82) is 0 Å². The fourth-order valence-electron chi connectivity index (χ4n) is 4.84. The molecular weight excluding hydrogens is 420 g/mol. The van der Waals surface area contributed by atoms with Gasteiger partial charge in [-0.15, -0.1) is 0 Å². The van der Waals surface area contributed by atoms with Crippen molar-refractivity contribution in [3.05, 3.63) is 69.2 Å². The third kappa shape index (κ3) is 3.84. The Balaban J connectivity index is 1.41. The standard InChI is InChI=1S/C26H26N2O5/c1-3-32-16-8-10-21-20(12-16)18-5-4-6-22(25(18)28-21)27-24(30)13-19-14(2)17-9-7-15(29)11-23(17)33-26(19)31/h7-12,22,28-29H,3-6,13H2,1-2H3,(H,27,30)/t22-/m0/s1. The topological polar surface area (TPSA) is 105 Å². The molecule has 0 aliphatic heterocycles. The minimum absolute atomic E-state index is 0.0235. The summed E-state index contributed by atoms with van der Waals surface area (Å²) in [4.78, 5) is 29.0. The number of rotatable bonds is 5. The second-order valence-corrected chi connectivity index (χ2v) is 8.52. The highest BCUT2D eigenvalue weighted by Gasteiger charge is 2.26. The van der Waals surface area contributed by atoms with E-state index < -0.39 is 5.63 Å². The molecule has 0 unspecified atom stereocenters. The fraction of sp³-hybridized carbons (Fsp3) is 0.308. The van der Waals surface area contributed by atoms with Gasteiger partial charge in [0.2, 0.25) is 5.91 Å². The number of carbonyl (C=O) groups is 1. The summed E-state index contributed by atoms with van der Waals surface area (Å²) in [6.45, 7) is 4.37. The first-order valence-corrected chi connectivity index (χ1v) is 11.3. The molecule has 2 aromatic carbocycles. The quantitative estimate of drug-likeness (QED) is 0.394. The van der Waals surface area contributed by atoms with Gasteiger partial charge in [-0.3, -0.25) is 4.79 Å². The minimum atomic E-state index is -0.556. The van der Waals surface area contributed by atoms with Crippen molar-refractivity contribution in [3.63, 3.8) is 0 Å². The fourth-order valence-corrected chi connectivity index (χ4v) is 4.84. The Morgan fingerprint density at radius 2 is 2.09 bits per heavy atom. The molecule has 0 spiro atoms. The van der Waals surface area contributed by atoms with Gasteiger partial charge in [-0.05, 0) is 74.6 Å². The predicted octanol–water partition coefficient (Wildman–Crippen LogP) is 4.42. The molecule has 1 aliphatic carbocycles. The van der Waals surface area contributed by atoms with E-state index in [-0.39, 0.29) is 24.1 Å². The van der Waals surface area contributed by atoms with Gasteiger partial charge in [0.15, 0.2) is 0 Å². The largest absolute Gasteiger partial charge is 0.508 e. The Kier molecular flexibility index (Phi) is 5.32. The SMILES string of the molecule is CCOc1ccc2[nH]c3c(c2c1)CCC[C@@H]3NC(=O)Cc1c(C)c2ccc(O)cc2oc1=O. The van der Waals surface area contributed by atoms with Crippen LogP contribution in [0.15, 0.2) is 45.6 Å². The molecule has 0 saturated carbocycles. The molecule has 33 heavy (non-hydrogen) atoms. The van der Waals surface area contributed by atoms with Gasteiger partial charge < -0.3 is 24.6 Å². The molecule has 7 nitrogen and oxygen atoms in total. The molecule has 7 heteroatoms. The van der Waals surface area contributed by atoms with Crippen LogP contribution >= 0.6 is 0 Å². The lowest BCUT2D eigenvalue weighted by molar-refractivity contribution is -0.121. The lowest BCUT2D eigenvalue weighted by atomic mass is 9.91. The number of aromatic nitrogens is 1. The summed E-state index contributed by atoms with van der Waals surface area (Å²) in [6, 6.07) is 10.5. The van der Waals surface area contributed by atoms with Gasteiger partial charge in [0.05, 0.1) is 24.6 Å². The summed E-state index contributed by atoms with van der Waals surface area (Å²) < 4.78 is 11.0. The number of fused-ring (bicyclic) bond motifs is 4. The van der Waals surface area contributed by atoms with Crippen molar-refractivity contribution >= 4 is 27.8 Å². The van der Waals surface area contributed by atoms with E-state index >= 15 is 0 Å². The Morgan fingerprint density at radius 1 is 1.24 bits per heavy atom. The second kappa shape index (κ2) is 8.31. The number of H-pyrrole nitrogens is 1. The maximum atomic E-state index is 13.0. The number of phenolic OH excluding ortho intramolecular Hbond substituents is 1. The van der Waals surface area contributed by atoms with Gasteiger partial charge >= 0.3 is 5.63 Å². The normalized spacial score (nSPS) is 15.5. The van der Waals surface area contributed by atoms with Gasteiger partial charge in [-0.2, -0.15) is 0 Å². The van der Waals surface area contributed by atoms with E-state index in [1.54, 1.807) is 13.0 Å². The summed E-state index contributed by atoms with van der Waals surface area (Å²) in [5, 5.41) is 14.6. The number of aromatic hydroxyl groups is 1. The lowest BCUT2D eigenvalue weighted by Crippen LogP contribution is -2.33. The van der Waals surface area contributed by atoms with Crippen LogP contribution in [0.4, 0.5) is 0 Å². The molecule has 0 bridgehead atoms. The van der Waals surface area contributed by atoms with E-state index in [0.29, 0.717) is 28.7 Å². The van der Waals surface area contributed by atoms with Crippen molar-refractivity contribution in [2.45, 2.75) is 45.6 Å². The van der Waals surface area contributed by atoms with Crippen molar-refractivity contribution < 1.29 is 19.1 Å². The van der Waals surface area contributed by atoms with E-state index in [0.717, 1.165) is 41.6 Å². The molecule has 1 amide bonds. The number of ether oxygens (including phenoxy) is 1. The van der Waals surface area contributed by atoms with Crippen molar-refractivity contribution in [1.82, 2.24) is 10.3 Å². The summed E-state index contributed by atoms with van der Waals surface area (Å²) in [6.07, 6.45) is 2.67. The first kappa shape index (κ1) is 21.1. The first-order valence-electron chi connectivity index (χ1n) is 11.3. The van der Waals surface area contributed by atoms with Crippen LogP contribution in [0, 0.1) is 6.92 Å². The predicted molar refractivity (Wildman–Crippen MR) is 126 cm³/mol. The molecule has 1 atom stereocenters. The monoisotopic (exact) mass is 446 g/mol. The van der Waals surface area contributed by atoms with Gasteiger partial charge in [0.25, 0.3) is 0 Å². The van der Waals surface area contributed by atoms with Crippen LogP contribution in [0.3, 0.4) is 0 Å². The maximum Gasteiger partial charge on any atom is 0.340 e. The van der Waals surface area contributed by atoms with Crippen molar-refractivity contribution in [2.24, 2.45) is 0 Å². The van der Waals surface area contributed by atoms with Crippen LogP contribution in [0.5, 0.6) is 11.5 Å². The third-order valence-corrected chi connectivity index (χ3v) is 6.43. The number of nitrogens with one attached hydrogen (secondary N) is 2. The van der Waals surface area contributed by atoms with E-state index in [4.69, 9.17) is 9.15 Å². The van der Waals surface area contributed by atoms with Crippen LogP contribution in [0.2, 0.25) is 0 Å². The summed E-state index contributed by atoms with van der Waals surface area (Å²) >= 11 is 0. The minimum Gasteiger partial charge on any atom is -0.508 e. The van der Waals surface area contributed by atoms with Gasteiger partial charge in [-0.25, -0.2) is 4.79 Å². The highest BCUT2D eigenvalue weighted by Crippen LogP contribution is 2.36. The van der Waals surface area contributed by atoms with Crippen LogP contribution in [0.25, 0.3) is 21.9 Å².